The molecule has 3 N–H and O–H groups in total. The van der Waals surface area contributed by atoms with Crippen LogP contribution < -0.4 is 11.1 Å². The molecule has 2 unspecified atom stereocenters. The van der Waals surface area contributed by atoms with E-state index >= 15 is 0 Å². The van der Waals surface area contributed by atoms with Crippen molar-refractivity contribution in [3.05, 3.63) is 77.0 Å². The van der Waals surface area contributed by atoms with Gasteiger partial charge in [-0.1, -0.05) is 62.4 Å². The smallest absolute Gasteiger partial charge is 0.223 e. The highest BCUT2D eigenvalue weighted by Gasteiger charge is 2.28. The van der Waals surface area contributed by atoms with Crippen LogP contribution in [0.2, 0.25) is 0 Å². The zero-order chi connectivity index (χ0) is 21.0. The summed E-state index contributed by atoms with van der Waals surface area (Å²) in [6.07, 6.45) is 3.85. The van der Waals surface area contributed by atoms with Gasteiger partial charge in [-0.3, -0.25) is 9.59 Å². The van der Waals surface area contributed by atoms with Crippen LogP contribution in [0.15, 0.2) is 54.7 Å². The summed E-state index contributed by atoms with van der Waals surface area (Å²) in [5.74, 6) is 0.257. The van der Waals surface area contributed by atoms with E-state index in [0.717, 1.165) is 16.7 Å². The number of nitrogens with two attached hydrogens (primary N) is 1. The molecule has 3 rings (SSSR count). The second kappa shape index (κ2) is 9.05. The van der Waals surface area contributed by atoms with Crippen LogP contribution in [0.3, 0.4) is 0 Å². The number of hydrogen-bond acceptors (Lipinski definition) is 3. The number of nitrogens with zero attached hydrogens (tertiary/aromatic N) is 1. The van der Waals surface area contributed by atoms with E-state index in [1.54, 1.807) is 11.1 Å². The van der Waals surface area contributed by atoms with Crippen LogP contribution in [0, 0.1) is 0 Å². The molecule has 1 aliphatic heterocycles. The normalized spacial score (nSPS) is 16.4. The number of rotatable bonds is 6. The maximum atomic E-state index is 12.6. The number of hydrogen-bond donors (Lipinski definition) is 2. The van der Waals surface area contributed by atoms with Gasteiger partial charge in [-0.15, -0.1) is 0 Å². The standard InChI is InChI=1S/C24H29N3O2/c1-16(2)18-8-10-20(11-9-18)22(25)15-26-24(29)14-23-21-7-5-4-6-19(21)12-13-27(23)17(3)28/h4-13,16,22-23H,14-15,25H2,1-3H3,(H,26,29). The third-order valence-corrected chi connectivity index (χ3v) is 5.40. The van der Waals surface area contributed by atoms with Gasteiger partial charge in [0.05, 0.1) is 12.5 Å². The van der Waals surface area contributed by atoms with Crippen LogP contribution in [0.4, 0.5) is 0 Å². The molecule has 29 heavy (non-hydrogen) atoms. The highest BCUT2D eigenvalue weighted by atomic mass is 16.2. The first-order valence-electron chi connectivity index (χ1n) is 10.0. The second-order valence-corrected chi connectivity index (χ2v) is 7.82. The van der Waals surface area contributed by atoms with Gasteiger partial charge in [0.2, 0.25) is 11.8 Å². The van der Waals surface area contributed by atoms with Crippen LogP contribution in [0.1, 0.15) is 67.4 Å². The van der Waals surface area contributed by atoms with Crippen LogP contribution >= 0.6 is 0 Å². The Morgan fingerprint density at radius 2 is 1.72 bits per heavy atom. The average Bonchev–Trinajstić information content (AvgIpc) is 2.72. The molecule has 0 radical (unpaired) electrons. The summed E-state index contributed by atoms with van der Waals surface area (Å²) in [6.45, 7) is 6.17. The third kappa shape index (κ3) is 4.93. The Morgan fingerprint density at radius 1 is 1.07 bits per heavy atom. The van der Waals surface area contributed by atoms with Crippen molar-refractivity contribution >= 4 is 17.9 Å². The Morgan fingerprint density at radius 3 is 2.38 bits per heavy atom. The lowest BCUT2D eigenvalue weighted by molar-refractivity contribution is -0.129. The molecule has 0 saturated carbocycles. The molecule has 2 atom stereocenters. The molecule has 0 fully saturated rings. The molecule has 2 aromatic carbocycles. The minimum atomic E-state index is -0.310. The van der Waals surface area contributed by atoms with Crippen molar-refractivity contribution in [2.45, 2.75) is 45.2 Å². The van der Waals surface area contributed by atoms with Crippen molar-refractivity contribution in [2.24, 2.45) is 5.73 Å². The molecule has 5 heteroatoms. The second-order valence-electron chi connectivity index (χ2n) is 7.82. The topological polar surface area (TPSA) is 75.4 Å². The first-order chi connectivity index (χ1) is 13.9. The predicted octanol–water partition coefficient (Wildman–Crippen LogP) is 3.89. The maximum absolute atomic E-state index is 12.6. The highest BCUT2D eigenvalue weighted by Crippen LogP contribution is 2.32. The lowest BCUT2D eigenvalue weighted by Crippen LogP contribution is -2.37. The summed E-state index contributed by atoms with van der Waals surface area (Å²) in [5.41, 5.74) is 10.5. The van der Waals surface area contributed by atoms with Crippen molar-refractivity contribution in [1.82, 2.24) is 10.2 Å². The minimum absolute atomic E-state index is 0.0875. The molecular weight excluding hydrogens is 362 g/mol. The summed E-state index contributed by atoms with van der Waals surface area (Å²) in [4.78, 5) is 26.3. The average molecular weight is 392 g/mol. The molecule has 1 heterocycles. The molecule has 0 spiro atoms. The van der Waals surface area contributed by atoms with E-state index in [1.807, 2.05) is 42.5 Å². The van der Waals surface area contributed by atoms with E-state index in [2.05, 4.69) is 31.3 Å². The van der Waals surface area contributed by atoms with Gasteiger partial charge >= 0.3 is 0 Å². The first-order valence-corrected chi connectivity index (χ1v) is 10.0. The Hall–Kier alpha value is -2.92. The van der Waals surface area contributed by atoms with Crippen molar-refractivity contribution < 1.29 is 9.59 Å². The van der Waals surface area contributed by atoms with Crippen molar-refractivity contribution in [3.8, 4) is 0 Å². The highest BCUT2D eigenvalue weighted by molar-refractivity contribution is 5.81. The molecule has 0 aliphatic carbocycles. The van der Waals surface area contributed by atoms with Crippen LogP contribution in [0.5, 0.6) is 0 Å². The Bertz CT molecular complexity index is 903. The Kier molecular flexibility index (Phi) is 6.49. The molecule has 2 amide bonds. The van der Waals surface area contributed by atoms with Gasteiger partial charge in [0.25, 0.3) is 0 Å². The predicted molar refractivity (Wildman–Crippen MR) is 116 cm³/mol. The third-order valence-electron chi connectivity index (χ3n) is 5.40. The quantitative estimate of drug-likeness (QED) is 0.784. The number of carbonyl (C=O) groups is 2. The van der Waals surface area contributed by atoms with Gasteiger partial charge in [0, 0.05) is 25.7 Å². The van der Waals surface area contributed by atoms with Gasteiger partial charge in [-0.25, -0.2) is 0 Å². The fourth-order valence-electron chi connectivity index (χ4n) is 3.63. The fourth-order valence-corrected chi connectivity index (χ4v) is 3.63. The SMILES string of the molecule is CC(=O)N1C=Cc2ccccc2C1CC(=O)NCC(N)c1ccc(C(C)C)cc1. The number of benzene rings is 2. The van der Waals surface area contributed by atoms with Gasteiger partial charge in [-0.2, -0.15) is 0 Å². The zero-order valence-corrected chi connectivity index (χ0v) is 17.3. The van der Waals surface area contributed by atoms with Crippen molar-refractivity contribution in [1.29, 1.82) is 0 Å². The van der Waals surface area contributed by atoms with Gasteiger partial charge in [-0.05, 0) is 34.2 Å². The number of carbonyl (C=O) groups excluding carboxylic acids is 2. The minimum Gasteiger partial charge on any atom is -0.354 e. The van der Waals surface area contributed by atoms with E-state index < -0.39 is 0 Å². The van der Waals surface area contributed by atoms with E-state index in [-0.39, 0.29) is 30.3 Å². The molecule has 2 aromatic rings. The van der Waals surface area contributed by atoms with Gasteiger partial charge in [0.15, 0.2) is 0 Å². The molecule has 5 nitrogen and oxygen atoms in total. The molecule has 1 aliphatic rings. The van der Waals surface area contributed by atoms with E-state index in [0.29, 0.717) is 12.5 Å². The van der Waals surface area contributed by atoms with Crippen LogP contribution in [0.25, 0.3) is 6.08 Å². The lowest BCUT2D eigenvalue weighted by Gasteiger charge is -2.32. The number of fused-ring (bicyclic) bond motifs is 1. The van der Waals surface area contributed by atoms with Crippen molar-refractivity contribution in [2.75, 3.05) is 6.54 Å². The molecule has 0 saturated heterocycles. The van der Waals surface area contributed by atoms with Crippen LogP contribution in [-0.2, 0) is 9.59 Å². The summed E-state index contributed by atoms with van der Waals surface area (Å²) < 4.78 is 0. The Labute approximate surface area is 172 Å². The number of amides is 2. The maximum Gasteiger partial charge on any atom is 0.223 e. The molecule has 152 valence electrons. The van der Waals surface area contributed by atoms with Gasteiger partial charge in [0.1, 0.15) is 0 Å². The monoisotopic (exact) mass is 391 g/mol. The molecule has 0 bridgehead atoms. The Balaban J connectivity index is 1.63. The zero-order valence-electron chi connectivity index (χ0n) is 17.3. The van der Waals surface area contributed by atoms with Crippen molar-refractivity contribution in [3.63, 3.8) is 0 Å². The fraction of sp³-hybridized carbons (Fsp3) is 0.333. The summed E-state index contributed by atoms with van der Waals surface area (Å²) >= 11 is 0. The lowest BCUT2D eigenvalue weighted by atomic mass is 9.93. The number of nitrogens with one attached hydrogen (secondary N) is 1. The molecule has 0 aromatic heterocycles. The van der Waals surface area contributed by atoms with E-state index in [1.165, 1.54) is 12.5 Å². The summed E-state index contributed by atoms with van der Waals surface area (Å²) in [7, 11) is 0. The van der Waals surface area contributed by atoms with Gasteiger partial charge < -0.3 is 16.0 Å². The summed E-state index contributed by atoms with van der Waals surface area (Å²) in [6, 6.07) is 15.5. The largest absolute Gasteiger partial charge is 0.354 e. The van der Waals surface area contributed by atoms with E-state index in [4.69, 9.17) is 5.73 Å². The van der Waals surface area contributed by atoms with Crippen LogP contribution in [-0.4, -0.2) is 23.3 Å². The van der Waals surface area contributed by atoms with E-state index in [9.17, 15) is 9.59 Å². The summed E-state index contributed by atoms with van der Waals surface area (Å²) in [5, 5.41) is 2.93. The molecular formula is C24H29N3O2. The first kappa shape index (κ1) is 20.8.